The van der Waals surface area contributed by atoms with Crippen LogP contribution in [0.25, 0.3) is 0 Å². The van der Waals surface area contributed by atoms with Gasteiger partial charge in [-0.25, -0.2) is 14.4 Å². The first-order valence-electron chi connectivity index (χ1n) is 11.3. The summed E-state index contributed by atoms with van der Waals surface area (Å²) in [5.74, 6) is 1.29. The van der Waals surface area contributed by atoms with E-state index in [4.69, 9.17) is 4.74 Å². The first-order chi connectivity index (χ1) is 15.7. The SMILES string of the molecule is CN(Cc1ccc(Oc2ncccn2)cc1)CC1CCCN(CCc2ccccc2F)C1. The lowest BCUT2D eigenvalue weighted by Crippen LogP contribution is -2.40. The highest BCUT2D eigenvalue weighted by Gasteiger charge is 2.21. The Morgan fingerprint density at radius 3 is 2.62 bits per heavy atom. The molecule has 1 unspecified atom stereocenters. The average Bonchev–Trinajstić information content (AvgIpc) is 2.81. The lowest BCUT2D eigenvalue weighted by molar-refractivity contribution is 0.142. The summed E-state index contributed by atoms with van der Waals surface area (Å²) < 4.78 is 19.6. The minimum absolute atomic E-state index is 0.0893. The van der Waals surface area contributed by atoms with Crippen molar-refractivity contribution in [3.63, 3.8) is 0 Å². The molecule has 1 fully saturated rings. The number of hydrogen-bond donors (Lipinski definition) is 0. The van der Waals surface area contributed by atoms with Crippen molar-refractivity contribution >= 4 is 0 Å². The standard InChI is InChI=1S/C26H31FN4O/c1-30(18-21-9-11-24(12-10-21)32-26-28-14-5-15-29-26)19-22-6-4-16-31(20-22)17-13-23-7-2-3-8-25(23)27/h2-3,5,7-12,14-15,22H,4,6,13,16-20H2,1H3. The van der Waals surface area contributed by atoms with Crippen molar-refractivity contribution in [3.05, 3.63) is 83.9 Å². The van der Waals surface area contributed by atoms with Gasteiger partial charge >= 0.3 is 6.01 Å². The summed E-state index contributed by atoms with van der Waals surface area (Å²) in [6, 6.07) is 17.4. The molecule has 1 atom stereocenters. The van der Waals surface area contributed by atoms with Crippen molar-refractivity contribution in [1.29, 1.82) is 0 Å². The minimum Gasteiger partial charge on any atom is -0.424 e. The van der Waals surface area contributed by atoms with Gasteiger partial charge in [-0.05, 0) is 74.2 Å². The number of aromatic nitrogens is 2. The number of hydrogen-bond acceptors (Lipinski definition) is 5. The third-order valence-corrected chi connectivity index (χ3v) is 5.96. The fraction of sp³-hybridized carbons (Fsp3) is 0.385. The Kier molecular flexibility index (Phi) is 7.80. The maximum Gasteiger partial charge on any atom is 0.321 e. The molecule has 4 rings (SSSR count). The normalized spacial score (nSPS) is 16.9. The van der Waals surface area contributed by atoms with Crippen LogP contribution in [-0.2, 0) is 13.0 Å². The highest BCUT2D eigenvalue weighted by molar-refractivity contribution is 5.29. The zero-order valence-electron chi connectivity index (χ0n) is 18.7. The number of likely N-dealkylation sites (tertiary alicyclic amines) is 1. The molecule has 168 valence electrons. The molecule has 6 heteroatoms. The predicted molar refractivity (Wildman–Crippen MR) is 124 cm³/mol. The molecule has 2 aromatic carbocycles. The molecule has 1 aliphatic rings. The Balaban J connectivity index is 1.22. The number of rotatable bonds is 9. The molecule has 2 heterocycles. The monoisotopic (exact) mass is 434 g/mol. The van der Waals surface area contributed by atoms with Crippen LogP contribution in [0.5, 0.6) is 11.8 Å². The average molecular weight is 435 g/mol. The number of piperidine rings is 1. The van der Waals surface area contributed by atoms with Gasteiger partial charge in [0, 0.05) is 38.6 Å². The van der Waals surface area contributed by atoms with Crippen LogP contribution in [0.15, 0.2) is 67.0 Å². The molecule has 0 radical (unpaired) electrons. The van der Waals surface area contributed by atoms with Crippen LogP contribution in [-0.4, -0.2) is 53.0 Å². The van der Waals surface area contributed by atoms with Crippen molar-refractivity contribution in [3.8, 4) is 11.8 Å². The van der Waals surface area contributed by atoms with Crippen LogP contribution in [0.2, 0.25) is 0 Å². The summed E-state index contributed by atoms with van der Waals surface area (Å²) in [7, 11) is 2.18. The first kappa shape index (κ1) is 22.4. The van der Waals surface area contributed by atoms with E-state index in [0.717, 1.165) is 50.5 Å². The summed E-state index contributed by atoms with van der Waals surface area (Å²) in [5, 5.41) is 0. The minimum atomic E-state index is -0.0893. The molecule has 5 nitrogen and oxygen atoms in total. The molecular formula is C26H31FN4O. The fourth-order valence-corrected chi connectivity index (χ4v) is 4.41. The van der Waals surface area contributed by atoms with Crippen molar-refractivity contribution in [2.75, 3.05) is 33.2 Å². The van der Waals surface area contributed by atoms with Crippen LogP contribution in [0.3, 0.4) is 0 Å². The number of halogens is 1. The Bertz CT molecular complexity index is 967. The van der Waals surface area contributed by atoms with Crippen LogP contribution in [0, 0.1) is 11.7 Å². The molecule has 0 amide bonds. The van der Waals surface area contributed by atoms with E-state index in [1.807, 2.05) is 24.3 Å². The van der Waals surface area contributed by atoms with Crippen LogP contribution in [0.1, 0.15) is 24.0 Å². The molecular weight excluding hydrogens is 403 g/mol. The lowest BCUT2D eigenvalue weighted by atomic mass is 9.97. The molecule has 0 aliphatic carbocycles. The van der Waals surface area contributed by atoms with E-state index in [-0.39, 0.29) is 5.82 Å². The van der Waals surface area contributed by atoms with Crippen molar-refractivity contribution in [1.82, 2.24) is 19.8 Å². The zero-order valence-corrected chi connectivity index (χ0v) is 18.7. The second-order valence-corrected chi connectivity index (χ2v) is 8.62. The Morgan fingerprint density at radius 1 is 1.06 bits per heavy atom. The maximum absolute atomic E-state index is 13.9. The number of benzene rings is 2. The van der Waals surface area contributed by atoms with E-state index in [1.165, 1.54) is 18.4 Å². The van der Waals surface area contributed by atoms with E-state index in [0.29, 0.717) is 11.9 Å². The fourth-order valence-electron chi connectivity index (χ4n) is 4.41. The molecule has 0 bridgehead atoms. The maximum atomic E-state index is 13.9. The zero-order chi connectivity index (χ0) is 22.2. The van der Waals surface area contributed by atoms with E-state index < -0.39 is 0 Å². The summed E-state index contributed by atoms with van der Waals surface area (Å²) in [5.41, 5.74) is 2.07. The summed E-state index contributed by atoms with van der Waals surface area (Å²) in [6.45, 7) is 5.08. The van der Waals surface area contributed by atoms with Gasteiger partial charge in [-0.3, -0.25) is 0 Å². The van der Waals surface area contributed by atoms with Gasteiger partial charge in [0.25, 0.3) is 0 Å². The van der Waals surface area contributed by atoms with E-state index in [2.05, 4.69) is 38.9 Å². The third-order valence-electron chi connectivity index (χ3n) is 5.96. The third kappa shape index (κ3) is 6.58. The van der Waals surface area contributed by atoms with Crippen molar-refractivity contribution < 1.29 is 9.13 Å². The van der Waals surface area contributed by atoms with Crippen LogP contribution < -0.4 is 4.74 Å². The van der Waals surface area contributed by atoms with Gasteiger partial charge in [-0.15, -0.1) is 0 Å². The largest absolute Gasteiger partial charge is 0.424 e. The van der Waals surface area contributed by atoms with Crippen molar-refractivity contribution in [2.24, 2.45) is 5.92 Å². The van der Waals surface area contributed by atoms with Gasteiger partial charge in [-0.1, -0.05) is 30.3 Å². The summed E-state index contributed by atoms with van der Waals surface area (Å²) >= 11 is 0. The second kappa shape index (κ2) is 11.2. The lowest BCUT2D eigenvalue weighted by Gasteiger charge is -2.34. The molecule has 3 aromatic rings. The highest BCUT2D eigenvalue weighted by Crippen LogP contribution is 2.21. The van der Waals surface area contributed by atoms with Gasteiger partial charge < -0.3 is 14.5 Å². The Morgan fingerprint density at radius 2 is 1.84 bits per heavy atom. The predicted octanol–water partition coefficient (Wildman–Crippen LogP) is 4.79. The highest BCUT2D eigenvalue weighted by atomic mass is 19.1. The van der Waals surface area contributed by atoms with Gasteiger partial charge in [0.15, 0.2) is 0 Å². The van der Waals surface area contributed by atoms with Gasteiger partial charge in [0.2, 0.25) is 0 Å². The second-order valence-electron chi connectivity index (χ2n) is 8.62. The van der Waals surface area contributed by atoms with Crippen LogP contribution in [0.4, 0.5) is 4.39 Å². The molecule has 32 heavy (non-hydrogen) atoms. The van der Waals surface area contributed by atoms with E-state index in [9.17, 15) is 4.39 Å². The van der Waals surface area contributed by atoms with Gasteiger partial charge in [0.1, 0.15) is 11.6 Å². The van der Waals surface area contributed by atoms with Gasteiger partial charge in [-0.2, -0.15) is 0 Å². The molecule has 1 aromatic heterocycles. The smallest absolute Gasteiger partial charge is 0.321 e. The summed E-state index contributed by atoms with van der Waals surface area (Å²) in [6.07, 6.45) is 6.57. The Hall–Kier alpha value is -2.83. The first-order valence-corrected chi connectivity index (χ1v) is 11.3. The molecule has 1 saturated heterocycles. The molecule has 1 aliphatic heterocycles. The topological polar surface area (TPSA) is 41.5 Å². The van der Waals surface area contributed by atoms with E-state index >= 15 is 0 Å². The summed E-state index contributed by atoms with van der Waals surface area (Å²) in [4.78, 5) is 13.1. The molecule has 0 spiro atoms. The quantitative estimate of drug-likeness (QED) is 0.484. The van der Waals surface area contributed by atoms with E-state index in [1.54, 1.807) is 30.6 Å². The van der Waals surface area contributed by atoms with Crippen LogP contribution >= 0.6 is 0 Å². The molecule has 0 N–H and O–H groups in total. The van der Waals surface area contributed by atoms with Crippen molar-refractivity contribution in [2.45, 2.75) is 25.8 Å². The molecule has 0 saturated carbocycles. The number of nitrogens with zero attached hydrogens (tertiary/aromatic N) is 4. The Labute approximate surface area is 189 Å². The van der Waals surface area contributed by atoms with Gasteiger partial charge in [0.05, 0.1) is 0 Å². The number of ether oxygens (including phenoxy) is 1.